The van der Waals surface area contributed by atoms with E-state index < -0.39 is 0 Å². The number of hydrogen-bond donors (Lipinski definition) is 1. The minimum atomic E-state index is 0.0850. The van der Waals surface area contributed by atoms with Crippen LogP contribution in [0.1, 0.15) is 22.5 Å². The summed E-state index contributed by atoms with van der Waals surface area (Å²) in [6.07, 6.45) is 5.88. The van der Waals surface area contributed by atoms with Crippen molar-refractivity contribution in [1.82, 2.24) is 9.47 Å². The van der Waals surface area contributed by atoms with E-state index in [4.69, 9.17) is 0 Å². The first-order valence-electron chi connectivity index (χ1n) is 6.90. The van der Waals surface area contributed by atoms with Crippen molar-refractivity contribution in [2.45, 2.75) is 12.8 Å². The Bertz CT molecular complexity index is 576. The number of piperidine rings is 1. The highest BCUT2D eigenvalue weighted by molar-refractivity contribution is 7.12. The van der Waals surface area contributed by atoms with Gasteiger partial charge in [0, 0.05) is 32.1 Å². The first kappa shape index (κ1) is 13.4. The first-order valence-corrected chi connectivity index (χ1v) is 7.78. The third kappa shape index (κ3) is 2.51. The SMILES string of the molecule is O=C(c1sccc1-n1cccc1)N1CCCC(CO)C1. The number of likely N-dealkylation sites (tertiary alicyclic amines) is 1. The van der Waals surface area contributed by atoms with Crippen molar-refractivity contribution in [2.75, 3.05) is 19.7 Å². The molecule has 2 aromatic heterocycles. The molecule has 106 valence electrons. The van der Waals surface area contributed by atoms with Crippen LogP contribution >= 0.6 is 11.3 Å². The van der Waals surface area contributed by atoms with Crippen molar-refractivity contribution in [2.24, 2.45) is 5.92 Å². The number of carbonyl (C=O) groups excluding carboxylic acids is 1. The quantitative estimate of drug-likeness (QED) is 0.943. The van der Waals surface area contributed by atoms with Crippen LogP contribution in [0.25, 0.3) is 5.69 Å². The van der Waals surface area contributed by atoms with Gasteiger partial charge in [-0.3, -0.25) is 4.79 Å². The molecule has 1 aliphatic rings. The Balaban J connectivity index is 1.83. The topological polar surface area (TPSA) is 45.5 Å². The summed E-state index contributed by atoms with van der Waals surface area (Å²) >= 11 is 1.48. The Labute approximate surface area is 122 Å². The number of nitrogens with zero attached hydrogens (tertiary/aromatic N) is 2. The van der Waals surface area contributed by atoms with Gasteiger partial charge in [0.1, 0.15) is 4.88 Å². The molecule has 0 aromatic carbocycles. The number of thiophene rings is 1. The van der Waals surface area contributed by atoms with Crippen molar-refractivity contribution in [1.29, 1.82) is 0 Å². The smallest absolute Gasteiger partial charge is 0.266 e. The zero-order valence-electron chi connectivity index (χ0n) is 11.2. The van der Waals surface area contributed by atoms with Crippen LogP contribution in [0.3, 0.4) is 0 Å². The maximum Gasteiger partial charge on any atom is 0.266 e. The van der Waals surface area contributed by atoms with Gasteiger partial charge in [0.2, 0.25) is 0 Å². The van der Waals surface area contributed by atoms with Gasteiger partial charge in [0.15, 0.2) is 0 Å². The molecule has 0 spiro atoms. The van der Waals surface area contributed by atoms with Crippen LogP contribution < -0.4 is 0 Å². The fourth-order valence-electron chi connectivity index (χ4n) is 2.70. The molecule has 1 saturated heterocycles. The highest BCUT2D eigenvalue weighted by Gasteiger charge is 2.26. The van der Waals surface area contributed by atoms with E-state index in [1.165, 1.54) is 11.3 Å². The fourth-order valence-corrected chi connectivity index (χ4v) is 3.56. The van der Waals surface area contributed by atoms with Crippen LogP contribution in [0, 0.1) is 5.92 Å². The van der Waals surface area contributed by atoms with Crippen molar-refractivity contribution in [3.63, 3.8) is 0 Å². The summed E-state index contributed by atoms with van der Waals surface area (Å²) in [5.74, 6) is 0.310. The first-order chi connectivity index (χ1) is 9.79. The molecule has 1 unspecified atom stereocenters. The number of hydrogen-bond acceptors (Lipinski definition) is 3. The monoisotopic (exact) mass is 290 g/mol. The third-order valence-corrected chi connectivity index (χ3v) is 4.68. The highest BCUT2D eigenvalue weighted by atomic mass is 32.1. The van der Waals surface area contributed by atoms with Crippen molar-refractivity contribution in [3.05, 3.63) is 40.8 Å². The van der Waals surface area contributed by atoms with Gasteiger partial charge in [0.25, 0.3) is 5.91 Å². The maximum atomic E-state index is 12.7. The van der Waals surface area contributed by atoms with E-state index in [0.717, 1.165) is 30.0 Å². The minimum Gasteiger partial charge on any atom is -0.396 e. The third-order valence-electron chi connectivity index (χ3n) is 3.79. The summed E-state index contributed by atoms with van der Waals surface area (Å²) in [5.41, 5.74) is 0.941. The number of aliphatic hydroxyl groups excluding tert-OH is 1. The van der Waals surface area contributed by atoms with Crippen LogP contribution in [0.15, 0.2) is 36.0 Å². The summed E-state index contributed by atoms with van der Waals surface area (Å²) < 4.78 is 1.97. The van der Waals surface area contributed by atoms with Crippen LogP contribution in [-0.4, -0.2) is 40.2 Å². The van der Waals surface area contributed by atoms with Crippen LogP contribution in [0.5, 0.6) is 0 Å². The Hall–Kier alpha value is -1.59. The molecule has 3 rings (SSSR count). The molecule has 0 bridgehead atoms. The van der Waals surface area contributed by atoms with E-state index in [1.807, 2.05) is 45.4 Å². The predicted molar refractivity (Wildman–Crippen MR) is 79.4 cm³/mol. The molecule has 1 aliphatic heterocycles. The Morgan fingerprint density at radius 1 is 1.40 bits per heavy atom. The van der Waals surface area contributed by atoms with Gasteiger partial charge in [-0.1, -0.05) is 0 Å². The van der Waals surface area contributed by atoms with Gasteiger partial charge < -0.3 is 14.6 Å². The lowest BCUT2D eigenvalue weighted by Gasteiger charge is -2.31. The van der Waals surface area contributed by atoms with Gasteiger partial charge >= 0.3 is 0 Å². The summed E-state index contributed by atoms with van der Waals surface area (Å²) in [6, 6.07) is 5.88. The molecule has 3 heterocycles. The van der Waals surface area contributed by atoms with E-state index in [-0.39, 0.29) is 18.4 Å². The second-order valence-electron chi connectivity index (χ2n) is 5.17. The lowest BCUT2D eigenvalue weighted by Crippen LogP contribution is -2.40. The maximum absolute atomic E-state index is 12.7. The second kappa shape index (κ2) is 5.81. The summed E-state index contributed by atoms with van der Waals surface area (Å²) in [5, 5.41) is 11.2. The van der Waals surface area contributed by atoms with Gasteiger partial charge in [-0.15, -0.1) is 11.3 Å². The van der Waals surface area contributed by atoms with Crippen molar-refractivity contribution < 1.29 is 9.90 Å². The minimum absolute atomic E-state index is 0.0850. The Morgan fingerprint density at radius 2 is 2.20 bits per heavy atom. The lowest BCUT2D eigenvalue weighted by atomic mass is 9.99. The zero-order chi connectivity index (χ0) is 13.9. The predicted octanol–water partition coefficient (Wildman–Crippen LogP) is 2.38. The summed E-state index contributed by atoms with van der Waals surface area (Å²) in [7, 11) is 0. The van der Waals surface area contributed by atoms with Crippen LogP contribution in [0.4, 0.5) is 0 Å². The van der Waals surface area contributed by atoms with E-state index >= 15 is 0 Å². The molecule has 0 radical (unpaired) electrons. The van der Waals surface area contributed by atoms with Gasteiger partial charge in [0.05, 0.1) is 5.69 Å². The average molecular weight is 290 g/mol. The molecule has 20 heavy (non-hydrogen) atoms. The average Bonchev–Trinajstić information content (AvgIpc) is 3.16. The molecule has 0 saturated carbocycles. The van der Waals surface area contributed by atoms with E-state index in [9.17, 15) is 9.90 Å². The van der Waals surface area contributed by atoms with Crippen LogP contribution in [0.2, 0.25) is 0 Å². The fraction of sp³-hybridized carbons (Fsp3) is 0.400. The Kier molecular flexibility index (Phi) is 3.89. The molecule has 1 N–H and O–H groups in total. The molecule has 5 heteroatoms. The largest absolute Gasteiger partial charge is 0.396 e. The number of rotatable bonds is 3. The number of amides is 1. The molecule has 1 fully saturated rings. The zero-order valence-corrected chi connectivity index (χ0v) is 12.1. The summed E-state index contributed by atoms with van der Waals surface area (Å²) in [6.45, 7) is 1.62. The second-order valence-corrected chi connectivity index (χ2v) is 6.08. The van der Waals surface area contributed by atoms with Crippen LogP contribution in [-0.2, 0) is 0 Å². The summed E-state index contributed by atoms with van der Waals surface area (Å²) in [4.78, 5) is 15.3. The lowest BCUT2D eigenvalue weighted by molar-refractivity contribution is 0.0625. The molecular weight excluding hydrogens is 272 g/mol. The molecule has 2 aromatic rings. The standard InChI is InChI=1S/C15H18N2O2S/c18-11-12-4-3-8-17(10-12)15(19)14-13(5-9-20-14)16-6-1-2-7-16/h1-2,5-7,9,12,18H,3-4,8,10-11H2. The van der Waals surface area contributed by atoms with Crippen molar-refractivity contribution >= 4 is 17.2 Å². The molecule has 4 nitrogen and oxygen atoms in total. The van der Waals surface area contributed by atoms with Gasteiger partial charge in [-0.2, -0.15) is 0 Å². The molecule has 1 amide bonds. The number of aliphatic hydroxyl groups is 1. The number of carbonyl (C=O) groups is 1. The molecule has 1 atom stereocenters. The van der Waals surface area contributed by atoms with E-state index in [2.05, 4.69) is 0 Å². The normalized spacial score (nSPS) is 19.2. The van der Waals surface area contributed by atoms with E-state index in [0.29, 0.717) is 6.54 Å². The number of aromatic nitrogens is 1. The van der Waals surface area contributed by atoms with E-state index in [1.54, 1.807) is 0 Å². The van der Waals surface area contributed by atoms with Gasteiger partial charge in [-0.25, -0.2) is 0 Å². The van der Waals surface area contributed by atoms with Gasteiger partial charge in [-0.05, 0) is 42.3 Å². The highest BCUT2D eigenvalue weighted by Crippen LogP contribution is 2.25. The molecular formula is C15H18N2O2S. The Morgan fingerprint density at radius 3 is 2.95 bits per heavy atom. The molecule has 0 aliphatic carbocycles. The van der Waals surface area contributed by atoms with Crippen molar-refractivity contribution in [3.8, 4) is 5.69 Å².